The maximum Gasteiger partial charge on any atom is 0.328 e. The number of β-amino-alcohol motifs (C(OH)–C–C–N with tert-alkyl or cyclic N) is 1. The predicted molar refractivity (Wildman–Crippen MR) is 83.4 cm³/mol. The molecule has 1 aliphatic heterocycles. The van der Waals surface area contributed by atoms with Crippen LogP contribution in [0.5, 0.6) is 0 Å². The Morgan fingerprint density at radius 1 is 1.09 bits per heavy atom. The minimum absolute atomic E-state index is 0.0406. The molecular formula is C18H27NO4. The maximum atomic E-state index is 12.9. The van der Waals surface area contributed by atoms with Gasteiger partial charge in [0.25, 0.3) is 0 Å². The fourth-order valence-electron chi connectivity index (χ4n) is 6.38. The van der Waals surface area contributed by atoms with Gasteiger partial charge in [-0.05, 0) is 61.7 Å². The van der Waals surface area contributed by atoms with Crippen LogP contribution in [0.4, 0.5) is 0 Å². The zero-order chi connectivity index (χ0) is 16.2. The van der Waals surface area contributed by atoms with E-state index in [0.29, 0.717) is 12.8 Å². The number of likely N-dealkylation sites (tertiary alicyclic amines) is 1. The number of methoxy groups -OCH3 is 1. The fraction of sp³-hybridized carbons (Fsp3) is 0.889. The molecule has 4 aliphatic carbocycles. The Bertz CT molecular complexity index is 482. The highest BCUT2D eigenvalue weighted by atomic mass is 16.5. The van der Waals surface area contributed by atoms with E-state index < -0.39 is 18.1 Å². The van der Waals surface area contributed by atoms with Crippen molar-refractivity contribution in [3.05, 3.63) is 0 Å². The Labute approximate surface area is 137 Å². The van der Waals surface area contributed by atoms with Crippen molar-refractivity contribution in [2.45, 2.75) is 63.5 Å². The van der Waals surface area contributed by atoms with Crippen molar-refractivity contribution in [3.8, 4) is 0 Å². The third kappa shape index (κ3) is 2.67. The molecule has 1 heterocycles. The molecule has 1 saturated heterocycles. The summed E-state index contributed by atoms with van der Waals surface area (Å²) in [4.78, 5) is 26.4. The Kier molecular flexibility index (Phi) is 3.67. The van der Waals surface area contributed by atoms with Crippen LogP contribution in [-0.2, 0) is 14.3 Å². The van der Waals surface area contributed by atoms with Crippen LogP contribution in [0.25, 0.3) is 0 Å². The fourth-order valence-corrected chi connectivity index (χ4v) is 6.38. The Hall–Kier alpha value is -1.10. The van der Waals surface area contributed by atoms with Crippen LogP contribution < -0.4 is 0 Å². The van der Waals surface area contributed by atoms with E-state index in [1.165, 1.54) is 45.6 Å². The highest BCUT2D eigenvalue weighted by molar-refractivity contribution is 5.85. The summed E-state index contributed by atoms with van der Waals surface area (Å²) >= 11 is 0. The summed E-state index contributed by atoms with van der Waals surface area (Å²) in [5, 5.41) is 9.89. The molecule has 0 aromatic carbocycles. The molecule has 0 spiro atoms. The van der Waals surface area contributed by atoms with E-state index in [4.69, 9.17) is 4.74 Å². The lowest BCUT2D eigenvalue weighted by Crippen LogP contribution is -2.49. The zero-order valence-electron chi connectivity index (χ0n) is 13.9. The van der Waals surface area contributed by atoms with Crippen molar-refractivity contribution >= 4 is 11.9 Å². The number of rotatable bonds is 3. The summed E-state index contributed by atoms with van der Waals surface area (Å²) in [6.07, 6.45) is 7.88. The van der Waals surface area contributed by atoms with Crippen LogP contribution in [-0.4, -0.2) is 47.7 Å². The normalized spacial score (nSPS) is 44.6. The number of carbonyl (C=O) groups is 2. The van der Waals surface area contributed by atoms with Gasteiger partial charge in [-0.2, -0.15) is 0 Å². The van der Waals surface area contributed by atoms with Crippen LogP contribution in [0.15, 0.2) is 0 Å². The predicted octanol–water partition coefficient (Wildman–Crippen LogP) is 1.73. The maximum absolute atomic E-state index is 12.9. The number of aliphatic hydroxyl groups excluding tert-OH is 1. The van der Waals surface area contributed by atoms with Gasteiger partial charge in [0.2, 0.25) is 5.91 Å². The molecule has 5 heteroatoms. The Morgan fingerprint density at radius 2 is 1.65 bits per heavy atom. The van der Waals surface area contributed by atoms with Crippen molar-refractivity contribution in [1.82, 2.24) is 4.90 Å². The lowest BCUT2D eigenvalue weighted by molar-refractivity contribution is -0.153. The smallest absolute Gasteiger partial charge is 0.328 e. The number of carbonyl (C=O) groups excluding carboxylic acids is 2. The second-order valence-corrected chi connectivity index (χ2v) is 8.57. The number of amides is 1. The molecule has 4 saturated carbocycles. The SMILES string of the molecule is COC(=O)[C@@H]1C[C@@H](O)CN1C(=O)CC12CC3CC(CC(C3)C1)C2. The topological polar surface area (TPSA) is 66.8 Å². The molecule has 1 amide bonds. The average molecular weight is 321 g/mol. The van der Waals surface area contributed by atoms with Gasteiger partial charge in [-0.15, -0.1) is 0 Å². The van der Waals surface area contributed by atoms with Crippen molar-refractivity contribution in [2.24, 2.45) is 23.2 Å². The van der Waals surface area contributed by atoms with Crippen LogP contribution in [0, 0.1) is 23.2 Å². The van der Waals surface area contributed by atoms with Crippen molar-refractivity contribution in [3.63, 3.8) is 0 Å². The van der Waals surface area contributed by atoms with Gasteiger partial charge in [0.15, 0.2) is 0 Å². The standard InChI is InChI=1S/C18H27NO4/c1-23-17(22)15-5-14(20)10-19(15)16(21)9-18-6-11-2-12(7-18)4-13(3-11)8-18/h11-15,20H,2-10H2,1H3/t11?,12?,13?,14-,15+,18?/m1/s1. The van der Waals surface area contributed by atoms with E-state index in [-0.39, 0.29) is 17.9 Å². The summed E-state index contributed by atoms with van der Waals surface area (Å²) in [5.74, 6) is 2.08. The molecule has 0 aromatic heterocycles. The second-order valence-electron chi connectivity index (χ2n) is 8.57. The molecule has 1 N–H and O–H groups in total. The van der Waals surface area contributed by atoms with E-state index in [9.17, 15) is 14.7 Å². The van der Waals surface area contributed by atoms with Gasteiger partial charge >= 0.3 is 5.97 Å². The summed E-state index contributed by atoms with van der Waals surface area (Å²) < 4.78 is 4.81. The minimum atomic E-state index is -0.612. The lowest BCUT2D eigenvalue weighted by Gasteiger charge is -2.57. The van der Waals surface area contributed by atoms with Crippen molar-refractivity contribution < 1.29 is 19.4 Å². The first-order chi connectivity index (χ1) is 11.0. The van der Waals surface area contributed by atoms with Gasteiger partial charge in [0.1, 0.15) is 6.04 Å². The lowest BCUT2D eigenvalue weighted by atomic mass is 9.49. The Balaban J connectivity index is 1.48. The number of hydrogen-bond donors (Lipinski definition) is 1. The molecular weight excluding hydrogens is 294 g/mol. The summed E-state index contributed by atoms with van der Waals surface area (Å²) in [6, 6.07) is -0.601. The quantitative estimate of drug-likeness (QED) is 0.804. The second kappa shape index (κ2) is 5.47. The molecule has 5 aliphatic rings. The molecule has 0 radical (unpaired) electrons. The summed E-state index contributed by atoms with van der Waals surface area (Å²) in [5.41, 5.74) is 0.167. The highest BCUT2D eigenvalue weighted by Gasteiger charge is 2.52. The van der Waals surface area contributed by atoms with Crippen LogP contribution in [0.1, 0.15) is 51.4 Å². The third-order valence-electron chi connectivity index (χ3n) is 6.76. The molecule has 2 atom stereocenters. The summed E-state index contributed by atoms with van der Waals surface area (Å²) in [6.45, 7) is 0.269. The molecule has 128 valence electrons. The van der Waals surface area contributed by atoms with Gasteiger partial charge < -0.3 is 14.7 Å². The number of ether oxygens (including phenoxy) is 1. The van der Waals surface area contributed by atoms with Gasteiger partial charge in [-0.25, -0.2) is 4.79 Å². The van der Waals surface area contributed by atoms with E-state index in [1.54, 1.807) is 4.90 Å². The van der Waals surface area contributed by atoms with E-state index >= 15 is 0 Å². The molecule has 0 aromatic rings. The molecule has 4 bridgehead atoms. The molecule has 23 heavy (non-hydrogen) atoms. The van der Waals surface area contributed by atoms with Crippen LogP contribution in [0.3, 0.4) is 0 Å². The van der Waals surface area contributed by atoms with E-state index in [0.717, 1.165) is 17.8 Å². The van der Waals surface area contributed by atoms with Gasteiger partial charge in [-0.1, -0.05) is 0 Å². The van der Waals surface area contributed by atoms with E-state index in [2.05, 4.69) is 0 Å². The van der Waals surface area contributed by atoms with Gasteiger partial charge in [0.05, 0.1) is 13.2 Å². The number of hydrogen-bond acceptors (Lipinski definition) is 4. The first-order valence-corrected chi connectivity index (χ1v) is 9.03. The number of nitrogens with zero attached hydrogens (tertiary/aromatic N) is 1. The average Bonchev–Trinajstić information content (AvgIpc) is 2.86. The first kappa shape index (κ1) is 15.4. The number of aliphatic hydroxyl groups is 1. The van der Waals surface area contributed by atoms with Crippen LogP contribution in [0.2, 0.25) is 0 Å². The van der Waals surface area contributed by atoms with Gasteiger partial charge in [0, 0.05) is 19.4 Å². The van der Waals surface area contributed by atoms with Crippen molar-refractivity contribution in [1.29, 1.82) is 0 Å². The molecule has 5 nitrogen and oxygen atoms in total. The van der Waals surface area contributed by atoms with E-state index in [1.807, 2.05) is 0 Å². The monoisotopic (exact) mass is 321 g/mol. The Morgan fingerprint density at radius 3 is 2.17 bits per heavy atom. The zero-order valence-corrected chi connectivity index (χ0v) is 13.9. The molecule has 5 fully saturated rings. The van der Waals surface area contributed by atoms with Crippen molar-refractivity contribution in [2.75, 3.05) is 13.7 Å². The van der Waals surface area contributed by atoms with Gasteiger partial charge in [-0.3, -0.25) is 4.79 Å². The summed E-state index contributed by atoms with van der Waals surface area (Å²) in [7, 11) is 1.34. The molecule has 0 unspecified atom stereocenters. The minimum Gasteiger partial charge on any atom is -0.467 e. The number of esters is 1. The van der Waals surface area contributed by atoms with Crippen LogP contribution >= 0.6 is 0 Å². The largest absolute Gasteiger partial charge is 0.467 e. The first-order valence-electron chi connectivity index (χ1n) is 9.03. The molecule has 5 rings (SSSR count). The third-order valence-corrected chi connectivity index (χ3v) is 6.76. The highest BCUT2D eigenvalue weighted by Crippen LogP contribution is 2.61.